The molecule has 2 heterocycles. The molecule has 1 aromatic rings. The van der Waals surface area contributed by atoms with Crippen molar-refractivity contribution in [3.05, 3.63) is 17.3 Å². The fraction of sp³-hybridized carbons (Fsp3) is 0.833. The van der Waals surface area contributed by atoms with Gasteiger partial charge in [0.05, 0.1) is 12.2 Å². The minimum absolute atomic E-state index is 0.821. The molecule has 2 aliphatic rings. The van der Waals surface area contributed by atoms with Gasteiger partial charge in [-0.2, -0.15) is 0 Å². The molecule has 0 spiro atoms. The van der Waals surface area contributed by atoms with Crippen LogP contribution in [0, 0.1) is 18.8 Å². The minimum atomic E-state index is 0.821. The first-order chi connectivity index (χ1) is 10.6. The largest absolute Gasteiger partial charge is 0.444 e. The molecule has 0 radical (unpaired) electrons. The summed E-state index contributed by atoms with van der Waals surface area (Å²) in [6.45, 7) is 10.1. The summed E-state index contributed by atoms with van der Waals surface area (Å²) in [5.41, 5.74) is 1.08. The maximum absolute atomic E-state index is 5.93. The average molecular weight is 305 g/mol. The van der Waals surface area contributed by atoms with Crippen molar-refractivity contribution in [2.45, 2.75) is 52.5 Å². The van der Waals surface area contributed by atoms with Crippen molar-refractivity contribution in [1.29, 1.82) is 0 Å². The van der Waals surface area contributed by atoms with E-state index >= 15 is 0 Å². The first-order valence-corrected chi connectivity index (χ1v) is 9.00. The SMILES string of the molecule is CCCc1nc(C)c(CN2CCC(CN(C)CC3CC3)C2)o1. The highest BCUT2D eigenvalue weighted by molar-refractivity contribution is 5.08. The lowest BCUT2D eigenvalue weighted by atomic mass is 10.1. The Morgan fingerprint density at radius 1 is 1.23 bits per heavy atom. The third kappa shape index (κ3) is 4.32. The molecule has 22 heavy (non-hydrogen) atoms. The van der Waals surface area contributed by atoms with Gasteiger partial charge in [0.25, 0.3) is 0 Å². The topological polar surface area (TPSA) is 32.5 Å². The van der Waals surface area contributed by atoms with Crippen LogP contribution in [0.1, 0.15) is 50.0 Å². The normalized spacial score (nSPS) is 22.8. The van der Waals surface area contributed by atoms with Gasteiger partial charge in [0.1, 0.15) is 5.76 Å². The number of hydrogen-bond acceptors (Lipinski definition) is 4. The summed E-state index contributed by atoms with van der Waals surface area (Å²) in [5.74, 6) is 3.81. The van der Waals surface area contributed by atoms with Gasteiger partial charge in [-0.15, -0.1) is 0 Å². The molecular formula is C18H31N3O. The lowest BCUT2D eigenvalue weighted by molar-refractivity contribution is 0.244. The number of aryl methyl sites for hydroxylation is 2. The lowest BCUT2D eigenvalue weighted by Crippen LogP contribution is -2.29. The van der Waals surface area contributed by atoms with Gasteiger partial charge < -0.3 is 9.32 Å². The summed E-state index contributed by atoms with van der Waals surface area (Å²) in [4.78, 5) is 9.63. The fourth-order valence-corrected chi connectivity index (χ4v) is 3.62. The number of nitrogens with zero attached hydrogens (tertiary/aromatic N) is 3. The molecular weight excluding hydrogens is 274 g/mol. The van der Waals surface area contributed by atoms with Crippen LogP contribution in [0.3, 0.4) is 0 Å². The van der Waals surface area contributed by atoms with E-state index in [-0.39, 0.29) is 0 Å². The summed E-state index contributed by atoms with van der Waals surface area (Å²) in [6.07, 6.45) is 6.27. The van der Waals surface area contributed by atoms with Crippen molar-refractivity contribution in [1.82, 2.24) is 14.8 Å². The molecule has 0 bridgehead atoms. The van der Waals surface area contributed by atoms with Gasteiger partial charge in [-0.1, -0.05) is 6.92 Å². The second-order valence-electron chi connectivity index (χ2n) is 7.42. The van der Waals surface area contributed by atoms with E-state index in [1.807, 2.05) is 0 Å². The van der Waals surface area contributed by atoms with E-state index in [0.717, 1.165) is 48.6 Å². The first kappa shape index (κ1) is 16.0. The van der Waals surface area contributed by atoms with E-state index in [2.05, 4.69) is 35.7 Å². The highest BCUT2D eigenvalue weighted by Gasteiger charge is 2.27. The summed E-state index contributed by atoms with van der Waals surface area (Å²) in [6, 6.07) is 0. The molecule has 3 rings (SSSR count). The highest BCUT2D eigenvalue weighted by Crippen LogP contribution is 2.30. The Bertz CT molecular complexity index is 481. The molecule has 4 heteroatoms. The molecule has 1 atom stereocenters. The Kier molecular flexibility index (Phi) is 5.19. The smallest absolute Gasteiger partial charge is 0.194 e. The van der Waals surface area contributed by atoms with E-state index < -0.39 is 0 Å². The van der Waals surface area contributed by atoms with Crippen molar-refractivity contribution in [3.63, 3.8) is 0 Å². The van der Waals surface area contributed by atoms with E-state index in [1.165, 1.54) is 45.4 Å². The predicted octanol–water partition coefficient (Wildman–Crippen LogP) is 3.10. The molecule has 1 saturated heterocycles. The molecule has 1 saturated carbocycles. The monoisotopic (exact) mass is 305 g/mol. The maximum atomic E-state index is 5.93. The molecule has 1 aromatic heterocycles. The number of rotatable bonds is 8. The van der Waals surface area contributed by atoms with Crippen LogP contribution in [0.25, 0.3) is 0 Å². The zero-order valence-corrected chi connectivity index (χ0v) is 14.5. The molecule has 124 valence electrons. The van der Waals surface area contributed by atoms with Gasteiger partial charge in [0.2, 0.25) is 0 Å². The Hall–Kier alpha value is -0.870. The third-order valence-electron chi connectivity index (χ3n) is 4.97. The molecule has 4 nitrogen and oxygen atoms in total. The third-order valence-corrected chi connectivity index (χ3v) is 4.97. The van der Waals surface area contributed by atoms with Crippen LogP contribution in [0.2, 0.25) is 0 Å². The highest BCUT2D eigenvalue weighted by atomic mass is 16.4. The summed E-state index contributed by atoms with van der Waals surface area (Å²) >= 11 is 0. The molecule has 2 fully saturated rings. The van der Waals surface area contributed by atoms with Gasteiger partial charge in [-0.05, 0) is 58.0 Å². The summed E-state index contributed by atoms with van der Waals surface area (Å²) < 4.78 is 5.93. The lowest BCUT2D eigenvalue weighted by Gasteiger charge is -2.21. The van der Waals surface area contributed by atoms with Crippen LogP contribution in [0.15, 0.2) is 4.42 Å². The zero-order chi connectivity index (χ0) is 15.5. The van der Waals surface area contributed by atoms with Gasteiger partial charge in [-0.3, -0.25) is 4.90 Å². The van der Waals surface area contributed by atoms with Crippen molar-refractivity contribution >= 4 is 0 Å². The Labute approximate surface area is 134 Å². The van der Waals surface area contributed by atoms with E-state index in [1.54, 1.807) is 0 Å². The molecule has 1 aliphatic heterocycles. The maximum Gasteiger partial charge on any atom is 0.194 e. The van der Waals surface area contributed by atoms with E-state index in [9.17, 15) is 0 Å². The van der Waals surface area contributed by atoms with Crippen molar-refractivity contribution in [3.8, 4) is 0 Å². The summed E-state index contributed by atoms with van der Waals surface area (Å²) in [7, 11) is 2.29. The molecule has 0 N–H and O–H groups in total. The Morgan fingerprint density at radius 3 is 2.73 bits per heavy atom. The molecule has 0 amide bonds. The van der Waals surface area contributed by atoms with Crippen LogP contribution in [-0.4, -0.2) is 48.0 Å². The number of aromatic nitrogens is 1. The van der Waals surface area contributed by atoms with Gasteiger partial charge >= 0.3 is 0 Å². The molecule has 1 unspecified atom stereocenters. The standard InChI is InChI=1S/C18H31N3O/c1-4-5-18-19-14(2)17(22-18)13-21-9-8-16(12-21)11-20(3)10-15-6-7-15/h15-16H,4-13H2,1-3H3. The second kappa shape index (κ2) is 7.14. The number of hydrogen-bond donors (Lipinski definition) is 0. The van der Waals surface area contributed by atoms with Gasteiger partial charge in [0, 0.05) is 26.1 Å². The van der Waals surface area contributed by atoms with Crippen LogP contribution in [-0.2, 0) is 13.0 Å². The van der Waals surface area contributed by atoms with Crippen LogP contribution in [0.5, 0.6) is 0 Å². The predicted molar refractivity (Wildman–Crippen MR) is 88.8 cm³/mol. The van der Waals surface area contributed by atoms with Crippen LogP contribution >= 0.6 is 0 Å². The van der Waals surface area contributed by atoms with Gasteiger partial charge in [0.15, 0.2) is 5.89 Å². The van der Waals surface area contributed by atoms with Gasteiger partial charge in [-0.25, -0.2) is 4.98 Å². The summed E-state index contributed by atoms with van der Waals surface area (Å²) in [5, 5.41) is 0. The van der Waals surface area contributed by atoms with Crippen molar-refractivity contribution < 1.29 is 4.42 Å². The van der Waals surface area contributed by atoms with Crippen molar-refractivity contribution in [2.75, 3.05) is 33.2 Å². The van der Waals surface area contributed by atoms with Crippen LogP contribution in [0.4, 0.5) is 0 Å². The quantitative estimate of drug-likeness (QED) is 0.739. The average Bonchev–Trinajstić information content (AvgIpc) is 3.05. The minimum Gasteiger partial charge on any atom is -0.444 e. The first-order valence-electron chi connectivity index (χ1n) is 9.00. The second-order valence-corrected chi connectivity index (χ2v) is 7.42. The van der Waals surface area contributed by atoms with Crippen molar-refractivity contribution in [2.24, 2.45) is 11.8 Å². The molecule has 1 aliphatic carbocycles. The Balaban J connectivity index is 1.45. The molecule has 0 aromatic carbocycles. The van der Waals surface area contributed by atoms with E-state index in [0.29, 0.717) is 0 Å². The zero-order valence-electron chi connectivity index (χ0n) is 14.5. The Morgan fingerprint density at radius 2 is 2.00 bits per heavy atom. The fourth-order valence-electron chi connectivity index (χ4n) is 3.62. The van der Waals surface area contributed by atoms with E-state index in [4.69, 9.17) is 4.42 Å². The number of likely N-dealkylation sites (tertiary alicyclic amines) is 1. The number of oxazole rings is 1. The van der Waals surface area contributed by atoms with Crippen LogP contribution < -0.4 is 0 Å².